The van der Waals surface area contributed by atoms with E-state index in [0.717, 1.165) is 21.4 Å². The highest BCUT2D eigenvalue weighted by Gasteiger charge is 2.08. The lowest BCUT2D eigenvalue weighted by Gasteiger charge is -2.10. The number of carbonyl (C=O) groups excluding carboxylic acids is 1. The van der Waals surface area contributed by atoms with Gasteiger partial charge in [-0.1, -0.05) is 32.6 Å². The number of nitrogens with one attached hydrogen (secondary N) is 2. The molecule has 2 rings (SSSR count). The molecule has 0 unspecified atom stereocenters. The second-order valence-corrected chi connectivity index (χ2v) is 7.86. The van der Waals surface area contributed by atoms with Crippen LogP contribution in [0.4, 0.5) is 5.69 Å². The fraction of sp³-hybridized carbons (Fsp3) is 0.333. The Kier molecular flexibility index (Phi) is 9.55. The molecule has 2 aromatic rings. The maximum Gasteiger partial charge on any atom is 0.257 e. The average Bonchev–Trinajstić information content (AvgIpc) is 2.67. The van der Waals surface area contributed by atoms with Crippen LogP contribution < -0.4 is 15.4 Å². The second-order valence-electron chi connectivity index (χ2n) is 6.20. The van der Waals surface area contributed by atoms with Crippen LogP contribution in [0, 0.1) is 3.57 Å². The van der Waals surface area contributed by atoms with Crippen molar-refractivity contribution in [2.75, 3.05) is 11.9 Å². The van der Waals surface area contributed by atoms with Crippen LogP contribution in [0.5, 0.6) is 5.75 Å². The van der Waals surface area contributed by atoms with E-state index in [0.29, 0.717) is 12.2 Å². The number of hydrogen-bond acceptors (Lipinski definition) is 3. The third kappa shape index (κ3) is 8.26. The zero-order valence-corrected chi connectivity index (χ0v) is 18.4. The van der Waals surface area contributed by atoms with Crippen molar-refractivity contribution in [2.45, 2.75) is 39.0 Å². The number of benzene rings is 2. The molecule has 0 aliphatic rings. The van der Waals surface area contributed by atoms with Gasteiger partial charge in [0.2, 0.25) is 0 Å². The van der Waals surface area contributed by atoms with Gasteiger partial charge in [0.1, 0.15) is 5.75 Å². The number of ether oxygens (including phenoxy) is 1. The lowest BCUT2D eigenvalue weighted by molar-refractivity contribution is 0.0977. The predicted molar refractivity (Wildman–Crippen MR) is 124 cm³/mol. The topological polar surface area (TPSA) is 50.4 Å². The second kappa shape index (κ2) is 11.9. The molecule has 0 aliphatic heterocycles. The Morgan fingerprint density at radius 2 is 1.67 bits per heavy atom. The van der Waals surface area contributed by atoms with Crippen molar-refractivity contribution in [2.24, 2.45) is 0 Å². The van der Waals surface area contributed by atoms with Gasteiger partial charge in [0.05, 0.1) is 6.61 Å². The van der Waals surface area contributed by atoms with Crippen LogP contribution in [-0.4, -0.2) is 17.6 Å². The molecule has 2 N–H and O–H groups in total. The molecular weight excluding hydrogens is 471 g/mol. The highest BCUT2D eigenvalue weighted by molar-refractivity contribution is 14.1. The molecule has 2 aromatic carbocycles. The third-order valence-electron chi connectivity index (χ3n) is 3.96. The monoisotopic (exact) mass is 496 g/mol. The number of unbranched alkanes of at least 4 members (excludes halogenated alkanes) is 4. The molecule has 0 atom stereocenters. The van der Waals surface area contributed by atoms with Gasteiger partial charge in [0.15, 0.2) is 5.11 Å². The number of rotatable bonds is 9. The summed E-state index contributed by atoms with van der Waals surface area (Å²) in [7, 11) is 0. The maximum absolute atomic E-state index is 12.3. The van der Waals surface area contributed by atoms with E-state index < -0.39 is 0 Å². The van der Waals surface area contributed by atoms with E-state index in [9.17, 15) is 4.79 Å². The van der Waals surface area contributed by atoms with Gasteiger partial charge in [-0.3, -0.25) is 10.1 Å². The van der Waals surface area contributed by atoms with Crippen LogP contribution in [0.15, 0.2) is 48.5 Å². The van der Waals surface area contributed by atoms with Gasteiger partial charge in [-0.25, -0.2) is 0 Å². The highest BCUT2D eigenvalue weighted by atomic mass is 127. The summed E-state index contributed by atoms with van der Waals surface area (Å²) in [6, 6.07) is 14.9. The Morgan fingerprint density at radius 3 is 2.33 bits per heavy atom. The number of halogens is 1. The summed E-state index contributed by atoms with van der Waals surface area (Å²) in [4.78, 5) is 12.3. The summed E-state index contributed by atoms with van der Waals surface area (Å²) in [5.74, 6) is 0.533. The number of thiocarbonyl (C=S) groups is 1. The minimum Gasteiger partial charge on any atom is -0.494 e. The summed E-state index contributed by atoms with van der Waals surface area (Å²) in [5, 5.41) is 5.96. The minimum absolute atomic E-state index is 0.246. The van der Waals surface area contributed by atoms with E-state index in [1.165, 1.54) is 25.7 Å². The van der Waals surface area contributed by atoms with Gasteiger partial charge in [-0.15, -0.1) is 0 Å². The molecule has 4 nitrogen and oxygen atoms in total. The van der Waals surface area contributed by atoms with Crippen molar-refractivity contribution in [1.82, 2.24) is 5.32 Å². The van der Waals surface area contributed by atoms with E-state index in [4.69, 9.17) is 17.0 Å². The van der Waals surface area contributed by atoms with Gasteiger partial charge in [-0.2, -0.15) is 0 Å². The molecule has 27 heavy (non-hydrogen) atoms. The number of amides is 1. The first kappa shape index (κ1) is 21.6. The molecule has 0 aliphatic carbocycles. The van der Waals surface area contributed by atoms with Crippen LogP contribution >= 0.6 is 34.8 Å². The quantitative estimate of drug-likeness (QED) is 0.263. The van der Waals surface area contributed by atoms with Crippen molar-refractivity contribution in [3.63, 3.8) is 0 Å². The first-order valence-electron chi connectivity index (χ1n) is 9.19. The van der Waals surface area contributed by atoms with E-state index in [2.05, 4.69) is 40.1 Å². The van der Waals surface area contributed by atoms with Crippen molar-refractivity contribution < 1.29 is 9.53 Å². The van der Waals surface area contributed by atoms with Gasteiger partial charge >= 0.3 is 0 Å². The first-order chi connectivity index (χ1) is 13.1. The van der Waals surface area contributed by atoms with Gasteiger partial charge in [-0.05, 0) is 89.8 Å². The molecule has 0 heterocycles. The number of hydrogen-bond donors (Lipinski definition) is 2. The van der Waals surface area contributed by atoms with Crippen LogP contribution in [0.25, 0.3) is 0 Å². The Balaban J connectivity index is 1.75. The summed E-state index contributed by atoms with van der Waals surface area (Å²) in [6.45, 7) is 2.92. The van der Waals surface area contributed by atoms with Crippen LogP contribution in [0.3, 0.4) is 0 Å². The van der Waals surface area contributed by atoms with E-state index in [1.807, 2.05) is 36.4 Å². The lowest BCUT2D eigenvalue weighted by Crippen LogP contribution is -2.34. The average molecular weight is 496 g/mol. The molecule has 0 radical (unpaired) electrons. The van der Waals surface area contributed by atoms with Crippen LogP contribution in [0.2, 0.25) is 0 Å². The highest BCUT2D eigenvalue weighted by Crippen LogP contribution is 2.14. The maximum atomic E-state index is 12.3. The van der Waals surface area contributed by atoms with Crippen molar-refractivity contribution in [3.8, 4) is 5.75 Å². The van der Waals surface area contributed by atoms with E-state index in [1.54, 1.807) is 12.1 Å². The van der Waals surface area contributed by atoms with E-state index in [-0.39, 0.29) is 11.0 Å². The summed E-state index contributed by atoms with van der Waals surface area (Å²) < 4.78 is 6.86. The van der Waals surface area contributed by atoms with Gasteiger partial charge < -0.3 is 10.1 Å². The van der Waals surface area contributed by atoms with Crippen LogP contribution in [0.1, 0.15) is 49.4 Å². The molecule has 144 valence electrons. The standard InChI is InChI=1S/C21H25IN2O2S/c1-2-3-4-5-6-15-26-19-13-7-16(8-14-19)20(25)24-21(27)23-18-11-9-17(22)10-12-18/h7-14H,2-6,15H2,1H3,(H2,23,24,25,27). The zero-order valence-electron chi connectivity index (χ0n) is 15.5. The molecule has 0 spiro atoms. The van der Waals surface area contributed by atoms with Crippen molar-refractivity contribution >= 4 is 51.5 Å². The molecule has 1 amide bonds. The number of anilines is 1. The normalized spacial score (nSPS) is 10.3. The first-order valence-corrected chi connectivity index (χ1v) is 10.7. The third-order valence-corrected chi connectivity index (χ3v) is 4.89. The number of carbonyl (C=O) groups is 1. The Morgan fingerprint density at radius 1 is 1.00 bits per heavy atom. The predicted octanol–water partition coefficient (Wildman–Crippen LogP) is 5.77. The molecular formula is C21H25IN2O2S. The summed E-state index contributed by atoms with van der Waals surface area (Å²) >= 11 is 7.44. The Bertz CT molecular complexity index is 733. The smallest absolute Gasteiger partial charge is 0.257 e. The minimum atomic E-state index is -0.246. The lowest BCUT2D eigenvalue weighted by atomic mass is 10.2. The van der Waals surface area contributed by atoms with Gasteiger partial charge in [0, 0.05) is 14.8 Å². The summed E-state index contributed by atoms with van der Waals surface area (Å²) in [6.07, 6.45) is 6.04. The zero-order chi connectivity index (χ0) is 19.5. The van der Waals surface area contributed by atoms with E-state index >= 15 is 0 Å². The van der Waals surface area contributed by atoms with Crippen molar-refractivity contribution in [1.29, 1.82) is 0 Å². The largest absolute Gasteiger partial charge is 0.494 e. The van der Waals surface area contributed by atoms with Crippen molar-refractivity contribution in [3.05, 3.63) is 57.7 Å². The molecule has 0 saturated carbocycles. The fourth-order valence-electron chi connectivity index (χ4n) is 2.47. The molecule has 0 bridgehead atoms. The fourth-order valence-corrected chi connectivity index (χ4v) is 3.04. The molecule has 0 fully saturated rings. The molecule has 0 saturated heterocycles. The molecule has 0 aromatic heterocycles. The molecule has 6 heteroatoms. The van der Waals surface area contributed by atoms with Crippen LogP contribution in [-0.2, 0) is 0 Å². The Hall–Kier alpha value is -1.67. The summed E-state index contributed by atoms with van der Waals surface area (Å²) in [5.41, 5.74) is 1.38. The Labute approximate surface area is 180 Å². The van der Waals surface area contributed by atoms with Gasteiger partial charge in [0.25, 0.3) is 5.91 Å². The SMILES string of the molecule is CCCCCCCOc1ccc(C(=O)NC(=S)Nc2ccc(I)cc2)cc1.